The molecule has 7 nitrogen and oxygen atoms in total. The van der Waals surface area contributed by atoms with Crippen molar-refractivity contribution in [3.8, 4) is 0 Å². The summed E-state index contributed by atoms with van der Waals surface area (Å²) in [7, 11) is 0. The summed E-state index contributed by atoms with van der Waals surface area (Å²) < 4.78 is 10.6. The third-order valence-corrected chi connectivity index (χ3v) is 2.72. The van der Waals surface area contributed by atoms with Gasteiger partial charge in [0.15, 0.2) is 0 Å². The van der Waals surface area contributed by atoms with Crippen LogP contribution in [0.25, 0.3) is 0 Å². The van der Waals surface area contributed by atoms with Crippen LogP contribution in [0, 0.1) is 0 Å². The first-order chi connectivity index (χ1) is 10.3. The van der Waals surface area contributed by atoms with E-state index in [0.29, 0.717) is 26.2 Å². The maximum atomic E-state index is 11.5. The van der Waals surface area contributed by atoms with E-state index in [1.165, 1.54) is 12.2 Å². The van der Waals surface area contributed by atoms with E-state index in [4.69, 9.17) is 9.47 Å². The quantitative estimate of drug-likeness (QED) is 0.487. The summed E-state index contributed by atoms with van der Waals surface area (Å²) >= 11 is 0. The van der Waals surface area contributed by atoms with E-state index in [1.807, 2.05) is 20.8 Å². The molecule has 0 unspecified atom stereocenters. The van der Waals surface area contributed by atoms with Crippen molar-refractivity contribution in [3.05, 3.63) is 12.2 Å². The van der Waals surface area contributed by atoms with Crippen molar-refractivity contribution in [1.82, 2.24) is 10.2 Å². The fourth-order valence-electron chi connectivity index (χ4n) is 1.77. The van der Waals surface area contributed by atoms with Crippen molar-refractivity contribution in [2.24, 2.45) is 0 Å². The van der Waals surface area contributed by atoms with E-state index >= 15 is 0 Å². The lowest BCUT2D eigenvalue weighted by molar-refractivity contribution is -0.137. The molecule has 0 saturated carbocycles. The first-order valence-electron chi connectivity index (χ1n) is 7.29. The second-order valence-electron chi connectivity index (χ2n) is 5.93. The molecule has 1 rings (SSSR count). The molecule has 0 bridgehead atoms. The van der Waals surface area contributed by atoms with Gasteiger partial charge >= 0.3 is 0 Å². The van der Waals surface area contributed by atoms with Gasteiger partial charge in [0, 0.05) is 24.1 Å². The Bertz CT molecular complexity index is 422. The Morgan fingerprint density at radius 1 is 1.05 bits per heavy atom. The van der Waals surface area contributed by atoms with Crippen molar-refractivity contribution in [1.29, 1.82) is 0 Å². The number of carbonyl (C=O) groups excluding carboxylic acids is 3. The third kappa shape index (κ3) is 7.33. The zero-order chi connectivity index (χ0) is 16.6. The van der Waals surface area contributed by atoms with Gasteiger partial charge in [-0.2, -0.15) is 0 Å². The molecule has 124 valence electrons. The Labute approximate surface area is 130 Å². The molecule has 7 heteroatoms. The summed E-state index contributed by atoms with van der Waals surface area (Å²) in [5.74, 6) is -0.670. The zero-order valence-corrected chi connectivity index (χ0v) is 13.4. The normalized spacial score (nSPS) is 14.8. The smallest absolute Gasteiger partial charge is 0.253 e. The lowest BCUT2D eigenvalue weighted by Gasteiger charge is -2.20. The lowest BCUT2D eigenvalue weighted by Crippen LogP contribution is -2.40. The lowest BCUT2D eigenvalue weighted by atomic mass is 10.1. The molecule has 3 amide bonds. The molecular formula is C15H24N2O5. The molecule has 0 aromatic heterocycles. The molecule has 22 heavy (non-hydrogen) atoms. The van der Waals surface area contributed by atoms with Crippen LogP contribution >= 0.6 is 0 Å². The van der Waals surface area contributed by atoms with Crippen LogP contribution in [0.15, 0.2) is 12.2 Å². The van der Waals surface area contributed by atoms with Crippen LogP contribution in [0.1, 0.15) is 27.2 Å². The van der Waals surface area contributed by atoms with Gasteiger partial charge in [-0.25, -0.2) is 0 Å². The van der Waals surface area contributed by atoms with Crippen molar-refractivity contribution in [2.45, 2.75) is 32.7 Å². The van der Waals surface area contributed by atoms with Gasteiger partial charge in [0.1, 0.15) is 0 Å². The third-order valence-electron chi connectivity index (χ3n) is 2.72. The number of carbonyl (C=O) groups is 3. The van der Waals surface area contributed by atoms with Crippen LogP contribution < -0.4 is 5.32 Å². The van der Waals surface area contributed by atoms with Gasteiger partial charge in [0.2, 0.25) is 5.91 Å². The maximum absolute atomic E-state index is 11.5. The summed E-state index contributed by atoms with van der Waals surface area (Å²) in [4.78, 5) is 35.1. The number of nitrogens with one attached hydrogen (secondary N) is 1. The fourth-order valence-corrected chi connectivity index (χ4v) is 1.77. The molecule has 0 fully saturated rings. The highest BCUT2D eigenvalue weighted by molar-refractivity contribution is 6.12. The monoisotopic (exact) mass is 312 g/mol. The number of nitrogens with zero attached hydrogens (tertiary/aromatic N) is 1. The summed E-state index contributed by atoms with van der Waals surface area (Å²) in [5, 5.41) is 2.84. The Morgan fingerprint density at radius 2 is 1.59 bits per heavy atom. The molecule has 1 aliphatic heterocycles. The Hall–Kier alpha value is -1.73. The predicted molar refractivity (Wildman–Crippen MR) is 80.0 cm³/mol. The van der Waals surface area contributed by atoms with Crippen molar-refractivity contribution < 1.29 is 23.9 Å². The average molecular weight is 312 g/mol. The van der Waals surface area contributed by atoms with Gasteiger partial charge in [-0.3, -0.25) is 19.3 Å². The van der Waals surface area contributed by atoms with Crippen LogP contribution in [0.5, 0.6) is 0 Å². The van der Waals surface area contributed by atoms with E-state index in [2.05, 4.69) is 5.32 Å². The van der Waals surface area contributed by atoms with Gasteiger partial charge in [-0.15, -0.1) is 0 Å². The standard InChI is InChI=1S/C15H24N2O5/c1-15(2,3)16-12(18)6-8-21-10-11-22-9-7-17-13(19)4-5-14(17)20/h4-5H,6-11H2,1-3H3,(H,16,18). The van der Waals surface area contributed by atoms with Crippen LogP contribution in [-0.4, -0.2) is 61.1 Å². The van der Waals surface area contributed by atoms with Crippen molar-refractivity contribution >= 4 is 17.7 Å². The second-order valence-corrected chi connectivity index (χ2v) is 5.93. The minimum absolute atomic E-state index is 0.0491. The molecule has 0 radical (unpaired) electrons. The van der Waals surface area contributed by atoms with Gasteiger partial charge in [0.25, 0.3) is 11.8 Å². The van der Waals surface area contributed by atoms with E-state index in [0.717, 1.165) is 4.90 Å². The number of amides is 3. The SMILES string of the molecule is CC(C)(C)NC(=O)CCOCCOCCN1C(=O)C=CC1=O. The molecule has 1 aliphatic rings. The number of ether oxygens (including phenoxy) is 2. The van der Waals surface area contributed by atoms with E-state index in [-0.39, 0.29) is 36.4 Å². The number of hydrogen-bond donors (Lipinski definition) is 1. The first kappa shape index (κ1) is 18.3. The highest BCUT2D eigenvalue weighted by atomic mass is 16.5. The molecule has 0 aliphatic carbocycles. The molecule has 0 spiro atoms. The van der Waals surface area contributed by atoms with E-state index in [9.17, 15) is 14.4 Å². The number of rotatable bonds is 9. The molecule has 0 aromatic rings. The molecule has 0 saturated heterocycles. The fraction of sp³-hybridized carbons (Fsp3) is 0.667. The average Bonchev–Trinajstić information content (AvgIpc) is 2.71. The van der Waals surface area contributed by atoms with Crippen LogP contribution in [0.4, 0.5) is 0 Å². The molecular weight excluding hydrogens is 288 g/mol. The minimum Gasteiger partial charge on any atom is -0.379 e. The van der Waals surface area contributed by atoms with Gasteiger partial charge in [0.05, 0.1) is 33.0 Å². The van der Waals surface area contributed by atoms with Crippen LogP contribution in [0.3, 0.4) is 0 Å². The Kier molecular flexibility index (Phi) is 7.20. The largest absolute Gasteiger partial charge is 0.379 e. The summed E-state index contributed by atoms with van der Waals surface area (Å²) in [6, 6.07) is 0. The Balaban J connectivity index is 1.95. The summed E-state index contributed by atoms with van der Waals surface area (Å²) in [6.45, 7) is 7.32. The maximum Gasteiger partial charge on any atom is 0.253 e. The van der Waals surface area contributed by atoms with Crippen LogP contribution in [-0.2, 0) is 23.9 Å². The van der Waals surface area contributed by atoms with Gasteiger partial charge in [-0.05, 0) is 20.8 Å². The number of imide groups is 1. The molecule has 1 heterocycles. The topological polar surface area (TPSA) is 84.9 Å². The number of hydrogen-bond acceptors (Lipinski definition) is 5. The second kappa shape index (κ2) is 8.65. The minimum atomic E-state index is -0.310. The first-order valence-corrected chi connectivity index (χ1v) is 7.29. The highest BCUT2D eigenvalue weighted by Crippen LogP contribution is 2.02. The van der Waals surface area contributed by atoms with E-state index < -0.39 is 0 Å². The molecule has 0 atom stereocenters. The summed E-state index contributed by atoms with van der Waals surface area (Å²) in [5.41, 5.74) is -0.237. The van der Waals surface area contributed by atoms with Gasteiger partial charge < -0.3 is 14.8 Å². The van der Waals surface area contributed by atoms with E-state index in [1.54, 1.807) is 0 Å². The van der Waals surface area contributed by atoms with Gasteiger partial charge in [-0.1, -0.05) is 0 Å². The zero-order valence-electron chi connectivity index (χ0n) is 13.4. The Morgan fingerprint density at radius 3 is 2.14 bits per heavy atom. The predicted octanol–water partition coefficient (Wildman–Crippen LogP) is 0.249. The highest BCUT2D eigenvalue weighted by Gasteiger charge is 2.22. The van der Waals surface area contributed by atoms with Crippen molar-refractivity contribution in [2.75, 3.05) is 33.0 Å². The van der Waals surface area contributed by atoms with Crippen molar-refractivity contribution in [3.63, 3.8) is 0 Å². The molecule has 1 N–H and O–H groups in total. The summed E-state index contributed by atoms with van der Waals surface area (Å²) in [6.07, 6.45) is 2.79. The van der Waals surface area contributed by atoms with Crippen LogP contribution in [0.2, 0.25) is 0 Å². The molecule has 0 aromatic carbocycles.